The molecule has 0 aromatic rings. The van der Waals surface area contributed by atoms with Crippen LogP contribution in [0.25, 0.3) is 0 Å². The van der Waals surface area contributed by atoms with Crippen LogP contribution in [0.15, 0.2) is 0 Å². The average Bonchev–Trinajstić information content (AvgIpc) is 2.23. The van der Waals surface area contributed by atoms with E-state index in [-0.39, 0.29) is 25.3 Å². The highest BCUT2D eigenvalue weighted by atomic mass is 16.7. The van der Waals surface area contributed by atoms with Crippen molar-refractivity contribution in [2.45, 2.75) is 33.0 Å². The van der Waals surface area contributed by atoms with Crippen LogP contribution in [0.5, 0.6) is 0 Å². The number of primary amides is 1. The van der Waals surface area contributed by atoms with E-state index in [0.29, 0.717) is 13.2 Å². The summed E-state index contributed by atoms with van der Waals surface area (Å²) >= 11 is 0. The van der Waals surface area contributed by atoms with Crippen LogP contribution < -0.4 is 11.1 Å². The third kappa shape index (κ3) is 8.19. The summed E-state index contributed by atoms with van der Waals surface area (Å²) in [4.78, 5) is 21.7. The monoisotopic (exact) mass is 232 g/mol. The molecule has 0 heterocycles. The van der Waals surface area contributed by atoms with E-state index in [2.05, 4.69) is 5.32 Å². The molecule has 0 aliphatic heterocycles. The van der Waals surface area contributed by atoms with Gasteiger partial charge in [-0.05, 0) is 13.8 Å². The Hall–Kier alpha value is -1.14. The molecule has 0 aliphatic carbocycles. The standard InChI is InChI=1S/C10H20N2O4/c1-3-15-10(16-4-2)7-12-9(14)6-5-8(11)13/h10H,3-7H2,1-2H3,(H2,11,13)(H,12,14). The zero-order valence-electron chi connectivity index (χ0n) is 9.82. The summed E-state index contributed by atoms with van der Waals surface area (Å²) in [7, 11) is 0. The highest BCUT2D eigenvalue weighted by Gasteiger charge is 2.10. The molecule has 2 amide bonds. The first kappa shape index (κ1) is 14.9. The Morgan fingerprint density at radius 1 is 1.19 bits per heavy atom. The number of hydrogen-bond donors (Lipinski definition) is 2. The van der Waals surface area contributed by atoms with Crippen molar-refractivity contribution < 1.29 is 19.1 Å². The number of nitrogens with one attached hydrogen (secondary N) is 1. The lowest BCUT2D eigenvalue weighted by atomic mass is 10.3. The van der Waals surface area contributed by atoms with Gasteiger partial charge in [0.2, 0.25) is 11.8 Å². The molecule has 0 radical (unpaired) electrons. The van der Waals surface area contributed by atoms with E-state index in [9.17, 15) is 9.59 Å². The molecule has 0 atom stereocenters. The topological polar surface area (TPSA) is 90.6 Å². The lowest BCUT2D eigenvalue weighted by Crippen LogP contribution is -2.35. The Morgan fingerprint density at radius 3 is 2.19 bits per heavy atom. The lowest BCUT2D eigenvalue weighted by Gasteiger charge is -2.17. The van der Waals surface area contributed by atoms with Crippen LogP contribution in [-0.2, 0) is 19.1 Å². The molecule has 6 nitrogen and oxygen atoms in total. The van der Waals surface area contributed by atoms with E-state index in [1.807, 2.05) is 13.8 Å². The summed E-state index contributed by atoms with van der Waals surface area (Å²) in [6.45, 7) is 5.00. The smallest absolute Gasteiger partial charge is 0.220 e. The second-order valence-corrected chi connectivity index (χ2v) is 3.11. The summed E-state index contributed by atoms with van der Waals surface area (Å²) in [5.41, 5.74) is 4.92. The highest BCUT2D eigenvalue weighted by molar-refractivity contribution is 5.82. The normalized spacial score (nSPS) is 10.4. The Kier molecular flexibility index (Phi) is 8.46. The second kappa shape index (κ2) is 9.11. The van der Waals surface area contributed by atoms with Crippen molar-refractivity contribution in [3.8, 4) is 0 Å². The molecule has 0 aromatic heterocycles. The number of rotatable bonds is 9. The maximum atomic E-state index is 11.2. The van der Waals surface area contributed by atoms with Crippen LogP contribution in [0.3, 0.4) is 0 Å². The molecule has 0 aromatic carbocycles. The largest absolute Gasteiger partial charge is 0.370 e. The predicted molar refractivity (Wildman–Crippen MR) is 58.5 cm³/mol. The van der Waals surface area contributed by atoms with Gasteiger partial charge in [0.25, 0.3) is 0 Å². The first-order valence-corrected chi connectivity index (χ1v) is 5.38. The van der Waals surface area contributed by atoms with Gasteiger partial charge in [-0.25, -0.2) is 0 Å². The van der Waals surface area contributed by atoms with Crippen LogP contribution in [0, 0.1) is 0 Å². The van der Waals surface area contributed by atoms with Crippen LogP contribution in [0.1, 0.15) is 26.7 Å². The molecule has 0 fully saturated rings. The number of nitrogens with two attached hydrogens (primary N) is 1. The number of carbonyl (C=O) groups excluding carboxylic acids is 2. The third-order valence-corrected chi connectivity index (χ3v) is 1.77. The molecule has 0 rings (SSSR count). The van der Waals surface area contributed by atoms with Crippen LogP contribution in [0.2, 0.25) is 0 Å². The van der Waals surface area contributed by atoms with Crippen LogP contribution in [0.4, 0.5) is 0 Å². The summed E-state index contributed by atoms with van der Waals surface area (Å²) in [5, 5.41) is 2.61. The maximum absolute atomic E-state index is 11.2. The first-order valence-electron chi connectivity index (χ1n) is 5.38. The van der Waals surface area contributed by atoms with Gasteiger partial charge in [-0.1, -0.05) is 0 Å². The van der Waals surface area contributed by atoms with Crippen molar-refractivity contribution in [1.82, 2.24) is 5.32 Å². The summed E-state index contributed by atoms with van der Waals surface area (Å²) < 4.78 is 10.5. The molecular weight excluding hydrogens is 212 g/mol. The fraction of sp³-hybridized carbons (Fsp3) is 0.800. The van der Waals surface area contributed by atoms with E-state index in [1.165, 1.54) is 0 Å². The summed E-state index contributed by atoms with van der Waals surface area (Å²) in [5.74, 6) is -0.718. The Morgan fingerprint density at radius 2 is 1.75 bits per heavy atom. The van der Waals surface area contributed by atoms with Gasteiger partial charge < -0.3 is 20.5 Å². The fourth-order valence-electron chi connectivity index (χ4n) is 1.06. The summed E-state index contributed by atoms with van der Waals surface area (Å²) in [6.07, 6.45) is -0.285. The van der Waals surface area contributed by atoms with Crippen LogP contribution in [-0.4, -0.2) is 37.9 Å². The molecule has 0 aliphatic rings. The van der Waals surface area contributed by atoms with Gasteiger partial charge in [-0.2, -0.15) is 0 Å². The molecule has 6 heteroatoms. The molecule has 3 N–H and O–H groups in total. The van der Waals surface area contributed by atoms with Gasteiger partial charge in [0, 0.05) is 26.1 Å². The van der Waals surface area contributed by atoms with Crippen molar-refractivity contribution in [2.24, 2.45) is 5.73 Å². The predicted octanol–water partition coefficient (Wildman–Crippen LogP) is -0.233. The van der Waals surface area contributed by atoms with Crippen molar-refractivity contribution in [3.63, 3.8) is 0 Å². The average molecular weight is 232 g/mol. The minimum Gasteiger partial charge on any atom is -0.370 e. The maximum Gasteiger partial charge on any atom is 0.220 e. The SMILES string of the molecule is CCOC(CNC(=O)CCC(N)=O)OCC. The first-order chi connectivity index (χ1) is 7.60. The van der Waals surface area contributed by atoms with E-state index in [0.717, 1.165) is 0 Å². The van der Waals surface area contributed by atoms with Gasteiger partial charge in [-0.15, -0.1) is 0 Å². The van der Waals surface area contributed by atoms with E-state index in [1.54, 1.807) is 0 Å². The minimum atomic E-state index is -0.485. The molecule has 94 valence electrons. The fourth-order valence-corrected chi connectivity index (χ4v) is 1.06. The Bertz CT molecular complexity index is 215. The minimum absolute atomic E-state index is 0.0553. The van der Waals surface area contributed by atoms with Crippen molar-refractivity contribution in [2.75, 3.05) is 19.8 Å². The summed E-state index contributed by atoms with van der Waals surface area (Å²) in [6, 6.07) is 0. The van der Waals surface area contributed by atoms with Crippen LogP contribution >= 0.6 is 0 Å². The quantitative estimate of drug-likeness (QED) is 0.537. The third-order valence-electron chi connectivity index (χ3n) is 1.77. The van der Waals surface area contributed by atoms with Crippen molar-refractivity contribution >= 4 is 11.8 Å². The molecule has 0 bridgehead atoms. The van der Waals surface area contributed by atoms with E-state index >= 15 is 0 Å². The Labute approximate surface area is 95.5 Å². The molecule has 0 spiro atoms. The van der Waals surface area contributed by atoms with Gasteiger partial charge in [0.15, 0.2) is 6.29 Å². The molecule has 0 saturated carbocycles. The molecular formula is C10H20N2O4. The number of amides is 2. The van der Waals surface area contributed by atoms with Gasteiger partial charge >= 0.3 is 0 Å². The number of ether oxygens (including phenoxy) is 2. The lowest BCUT2D eigenvalue weighted by molar-refractivity contribution is -0.140. The van der Waals surface area contributed by atoms with Gasteiger partial charge in [-0.3, -0.25) is 9.59 Å². The molecule has 0 unspecified atom stereocenters. The van der Waals surface area contributed by atoms with Gasteiger partial charge in [0.1, 0.15) is 0 Å². The second-order valence-electron chi connectivity index (χ2n) is 3.11. The number of carbonyl (C=O) groups is 2. The molecule has 0 saturated heterocycles. The highest BCUT2D eigenvalue weighted by Crippen LogP contribution is 1.94. The zero-order valence-corrected chi connectivity index (χ0v) is 9.82. The molecule has 16 heavy (non-hydrogen) atoms. The van der Waals surface area contributed by atoms with E-state index in [4.69, 9.17) is 15.2 Å². The number of hydrogen-bond acceptors (Lipinski definition) is 4. The zero-order chi connectivity index (χ0) is 12.4. The Balaban J connectivity index is 3.72. The van der Waals surface area contributed by atoms with E-state index < -0.39 is 12.2 Å². The van der Waals surface area contributed by atoms with Gasteiger partial charge in [0.05, 0.1) is 6.54 Å². The van der Waals surface area contributed by atoms with Crippen molar-refractivity contribution in [3.05, 3.63) is 0 Å². The van der Waals surface area contributed by atoms with Crippen molar-refractivity contribution in [1.29, 1.82) is 0 Å².